The first-order valence-electron chi connectivity index (χ1n) is 2.11. The summed E-state index contributed by atoms with van der Waals surface area (Å²) in [7, 11) is 1.70. The van der Waals surface area contributed by atoms with Crippen molar-refractivity contribution < 1.29 is 0 Å². The fraction of sp³-hybridized carbons (Fsp3) is 0.400. The Morgan fingerprint density at radius 2 is 2.57 bits per heavy atom. The molecular formula is C5H10N2. The molecule has 0 atom stereocenters. The smallest absolute Gasteiger partial charge is 0.0277 e. The molecule has 0 heterocycles. The van der Waals surface area contributed by atoms with Gasteiger partial charge in [0.2, 0.25) is 0 Å². The molecule has 0 aliphatic heterocycles. The minimum Gasteiger partial charge on any atom is -0.326 e. The maximum atomic E-state index is 5.17. The van der Waals surface area contributed by atoms with Crippen LogP contribution in [0.25, 0.3) is 0 Å². The van der Waals surface area contributed by atoms with Crippen LogP contribution in [0.15, 0.2) is 17.1 Å². The SMILES string of the molecule is C=C(/C=N\C)CN. The third-order valence-corrected chi connectivity index (χ3v) is 0.574. The van der Waals surface area contributed by atoms with Crippen molar-refractivity contribution in [2.75, 3.05) is 13.6 Å². The number of aliphatic imine (C=N–C) groups is 1. The summed E-state index contributed by atoms with van der Waals surface area (Å²) >= 11 is 0. The second kappa shape index (κ2) is 3.56. The van der Waals surface area contributed by atoms with Gasteiger partial charge >= 0.3 is 0 Å². The van der Waals surface area contributed by atoms with Gasteiger partial charge in [-0.3, -0.25) is 4.99 Å². The van der Waals surface area contributed by atoms with E-state index in [0.29, 0.717) is 6.54 Å². The number of nitrogens with two attached hydrogens (primary N) is 1. The third-order valence-electron chi connectivity index (χ3n) is 0.574. The average molecular weight is 98.1 g/mol. The lowest BCUT2D eigenvalue weighted by molar-refractivity contribution is 1.22. The highest BCUT2D eigenvalue weighted by molar-refractivity contribution is 5.77. The van der Waals surface area contributed by atoms with E-state index in [1.54, 1.807) is 13.3 Å². The van der Waals surface area contributed by atoms with Crippen molar-refractivity contribution in [1.82, 2.24) is 0 Å². The molecule has 0 saturated heterocycles. The maximum Gasteiger partial charge on any atom is 0.0277 e. The van der Waals surface area contributed by atoms with Gasteiger partial charge in [0, 0.05) is 19.8 Å². The Morgan fingerprint density at radius 1 is 2.00 bits per heavy atom. The quantitative estimate of drug-likeness (QED) is 0.492. The molecule has 0 aliphatic carbocycles. The molecule has 0 unspecified atom stereocenters. The zero-order chi connectivity index (χ0) is 5.70. The maximum absolute atomic E-state index is 5.17. The van der Waals surface area contributed by atoms with E-state index in [-0.39, 0.29) is 0 Å². The Labute approximate surface area is 43.7 Å². The Hall–Kier alpha value is -0.630. The first-order valence-corrected chi connectivity index (χ1v) is 2.11. The summed E-state index contributed by atoms with van der Waals surface area (Å²) in [6, 6.07) is 0. The minimum absolute atomic E-state index is 0.497. The molecular weight excluding hydrogens is 88.1 g/mol. The molecule has 0 aromatic rings. The van der Waals surface area contributed by atoms with Gasteiger partial charge in [-0.1, -0.05) is 6.58 Å². The molecule has 2 nitrogen and oxygen atoms in total. The number of nitrogens with zero attached hydrogens (tertiary/aromatic N) is 1. The average Bonchev–Trinajstić information content (AvgIpc) is 1.68. The molecule has 0 fully saturated rings. The lowest BCUT2D eigenvalue weighted by Crippen LogP contribution is -2.01. The lowest BCUT2D eigenvalue weighted by Gasteiger charge is -1.85. The van der Waals surface area contributed by atoms with Crippen LogP contribution in [-0.2, 0) is 0 Å². The third kappa shape index (κ3) is 3.19. The molecule has 0 amide bonds. The van der Waals surface area contributed by atoms with Crippen LogP contribution in [0.1, 0.15) is 0 Å². The zero-order valence-corrected chi connectivity index (χ0v) is 4.52. The zero-order valence-electron chi connectivity index (χ0n) is 4.52. The topological polar surface area (TPSA) is 38.4 Å². The van der Waals surface area contributed by atoms with Gasteiger partial charge in [-0.2, -0.15) is 0 Å². The highest BCUT2D eigenvalue weighted by atomic mass is 14.6. The fourth-order valence-corrected chi connectivity index (χ4v) is 0.235. The molecule has 2 N–H and O–H groups in total. The van der Waals surface area contributed by atoms with Crippen molar-refractivity contribution >= 4 is 6.21 Å². The number of hydrogen-bond acceptors (Lipinski definition) is 2. The Kier molecular flexibility index (Phi) is 3.24. The van der Waals surface area contributed by atoms with Gasteiger partial charge in [0.1, 0.15) is 0 Å². The fourth-order valence-electron chi connectivity index (χ4n) is 0.235. The number of rotatable bonds is 2. The van der Waals surface area contributed by atoms with Crippen LogP contribution < -0.4 is 5.73 Å². The number of hydrogen-bond donors (Lipinski definition) is 1. The molecule has 0 rings (SSSR count). The van der Waals surface area contributed by atoms with E-state index >= 15 is 0 Å². The molecule has 7 heavy (non-hydrogen) atoms. The van der Waals surface area contributed by atoms with E-state index in [0.717, 1.165) is 5.57 Å². The van der Waals surface area contributed by atoms with Crippen LogP contribution in [0.3, 0.4) is 0 Å². The van der Waals surface area contributed by atoms with E-state index in [1.807, 2.05) is 0 Å². The van der Waals surface area contributed by atoms with E-state index in [4.69, 9.17) is 5.73 Å². The van der Waals surface area contributed by atoms with Crippen LogP contribution in [0.2, 0.25) is 0 Å². The second-order valence-corrected chi connectivity index (χ2v) is 1.25. The molecule has 0 radical (unpaired) electrons. The Morgan fingerprint density at radius 3 is 2.71 bits per heavy atom. The Bertz CT molecular complexity index is 84.1. The van der Waals surface area contributed by atoms with Crippen LogP contribution in [0.5, 0.6) is 0 Å². The molecule has 2 heteroatoms. The highest BCUT2D eigenvalue weighted by Gasteiger charge is 1.76. The summed E-state index contributed by atoms with van der Waals surface area (Å²) in [4.78, 5) is 3.70. The second-order valence-electron chi connectivity index (χ2n) is 1.25. The van der Waals surface area contributed by atoms with Crippen molar-refractivity contribution in [3.63, 3.8) is 0 Å². The van der Waals surface area contributed by atoms with Crippen LogP contribution in [0.4, 0.5) is 0 Å². The molecule has 0 aromatic carbocycles. The van der Waals surface area contributed by atoms with E-state index < -0.39 is 0 Å². The van der Waals surface area contributed by atoms with Crippen LogP contribution in [0, 0.1) is 0 Å². The summed E-state index contributed by atoms with van der Waals surface area (Å²) in [5, 5.41) is 0. The van der Waals surface area contributed by atoms with Gasteiger partial charge in [0.15, 0.2) is 0 Å². The molecule has 0 aliphatic rings. The summed E-state index contributed by atoms with van der Waals surface area (Å²) in [6.45, 7) is 4.09. The summed E-state index contributed by atoms with van der Waals surface area (Å²) in [5.41, 5.74) is 6.03. The molecule has 0 saturated carbocycles. The minimum atomic E-state index is 0.497. The van der Waals surface area contributed by atoms with Crippen LogP contribution in [-0.4, -0.2) is 19.8 Å². The first kappa shape index (κ1) is 6.37. The summed E-state index contributed by atoms with van der Waals surface area (Å²) in [6.07, 6.45) is 1.65. The van der Waals surface area contributed by atoms with Crippen molar-refractivity contribution in [2.24, 2.45) is 10.7 Å². The molecule has 40 valence electrons. The van der Waals surface area contributed by atoms with Gasteiger partial charge in [-0.15, -0.1) is 0 Å². The Balaban J connectivity index is 3.37. The lowest BCUT2D eigenvalue weighted by atomic mass is 10.3. The molecule has 0 spiro atoms. The van der Waals surface area contributed by atoms with Gasteiger partial charge < -0.3 is 5.73 Å². The normalized spacial score (nSPS) is 10.0. The van der Waals surface area contributed by atoms with E-state index in [9.17, 15) is 0 Å². The van der Waals surface area contributed by atoms with E-state index in [2.05, 4.69) is 11.6 Å². The first-order chi connectivity index (χ1) is 3.31. The van der Waals surface area contributed by atoms with Gasteiger partial charge in [0.05, 0.1) is 0 Å². The monoisotopic (exact) mass is 98.1 g/mol. The summed E-state index contributed by atoms with van der Waals surface area (Å²) in [5.74, 6) is 0. The van der Waals surface area contributed by atoms with Crippen molar-refractivity contribution in [1.29, 1.82) is 0 Å². The van der Waals surface area contributed by atoms with Crippen molar-refractivity contribution in [3.05, 3.63) is 12.2 Å². The standard InChI is InChI=1S/C5H10N2/c1-5(3-6)4-7-2/h4H,1,3,6H2,2H3/b7-4-. The van der Waals surface area contributed by atoms with Crippen molar-refractivity contribution in [3.8, 4) is 0 Å². The summed E-state index contributed by atoms with van der Waals surface area (Å²) < 4.78 is 0. The van der Waals surface area contributed by atoms with Gasteiger partial charge in [0.25, 0.3) is 0 Å². The predicted octanol–water partition coefficient (Wildman–Crippen LogP) is 0.202. The highest BCUT2D eigenvalue weighted by Crippen LogP contribution is 1.75. The molecule has 0 aromatic heterocycles. The van der Waals surface area contributed by atoms with E-state index in [1.165, 1.54) is 0 Å². The molecule has 0 bridgehead atoms. The van der Waals surface area contributed by atoms with Crippen molar-refractivity contribution in [2.45, 2.75) is 0 Å². The predicted molar refractivity (Wildman–Crippen MR) is 32.6 cm³/mol. The van der Waals surface area contributed by atoms with Gasteiger partial charge in [-0.25, -0.2) is 0 Å². The largest absolute Gasteiger partial charge is 0.326 e. The van der Waals surface area contributed by atoms with Gasteiger partial charge in [-0.05, 0) is 5.57 Å². The van der Waals surface area contributed by atoms with Crippen LogP contribution >= 0.6 is 0 Å².